The zero-order valence-electron chi connectivity index (χ0n) is 33.1. The Morgan fingerprint density at radius 2 is 1.16 bits per heavy atom. The van der Waals surface area contributed by atoms with Gasteiger partial charge in [0.1, 0.15) is 19.3 Å². The van der Waals surface area contributed by atoms with Gasteiger partial charge in [0.25, 0.3) is 0 Å². The SMILES string of the molecule is CC/C=C\C/C=C\C/C=C\CCCCCC(=O)OC(COCCCCCCCCCCCCCCCCC)COP(=O)(O)OCC[N+](C)(C)C. The summed E-state index contributed by atoms with van der Waals surface area (Å²) in [6, 6.07) is 0. The third kappa shape index (κ3) is 38.0. The van der Waals surface area contributed by atoms with Gasteiger partial charge in [0.2, 0.25) is 0 Å². The van der Waals surface area contributed by atoms with Gasteiger partial charge in [-0.15, -0.1) is 0 Å². The van der Waals surface area contributed by atoms with Crippen LogP contribution < -0.4 is 0 Å². The van der Waals surface area contributed by atoms with Crippen molar-refractivity contribution >= 4 is 13.8 Å². The Hall–Kier alpha value is -1.28. The van der Waals surface area contributed by atoms with Gasteiger partial charge in [0, 0.05) is 13.0 Å². The Kier molecular flexibility index (Phi) is 33.9. The highest BCUT2D eigenvalue weighted by molar-refractivity contribution is 7.47. The molecule has 1 N–H and O–H groups in total. The zero-order chi connectivity index (χ0) is 37.0. The van der Waals surface area contributed by atoms with Crippen molar-refractivity contribution in [2.24, 2.45) is 0 Å². The predicted octanol–water partition coefficient (Wildman–Crippen LogP) is 11.4. The average molecular weight is 729 g/mol. The molecule has 2 atom stereocenters. The van der Waals surface area contributed by atoms with Crippen molar-refractivity contribution < 1.29 is 37.3 Å². The molecule has 0 radical (unpaired) electrons. The summed E-state index contributed by atoms with van der Waals surface area (Å²) in [5.74, 6) is -0.342. The second-order valence-electron chi connectivity index (χ2n) is 14.6. The lowest BCUT2D eigenvalue weighted by Crippen LogP contribution is -2.37. The van der Waals surface area contributed by atoms with Crippen molar-refractivity contribution in [3.63, 3.8) is 0 Å². The van der Waals surface area contributed by atoms with Gasteiger partial charge < -0.3 is 18.9 Å². The van der Waals surface area contributed by atoms with Crippen LogP contribution in [0.4, 0.5) is 0 Å². The lowest BCUT2D eigenvalue weighted by molar-refractivity contribution is -0.870. The van der Waals surface area contributed by atoms with E-state index < -0.39 is 13.9 Å². The first kappa shape index (κ1) is 48.7. The summed E-state index contributed by atoms with van der Waals surface area (Å²) < 4.78 is 34.9. The molecule has 0 aromatic rings. The Labute approximate surface area is 308 Å². The van der Waals surface area contributed by atoms with Gasteiger partial charge in [0.05, 0.1) is 34.4 Å². The smallest absolute Gasteiger partial charge is 0.457 e. The van der Waals surface area contributed by atoms with Gasteiger partial charge in [-0.05, 0) is 44.9 Å². The summed E-state index contributed by atoms with van der Waals surface area (Å²) in [6.07, 6.45) is 38.9. The number of unbranched alkanes of at least 4 members (excludes halogenated alkanes) is 17. The van der Waals surface area contributed by atoms with Crippen molar-refractivity contribution in [2.45, 2.75) is 168 Å². The molecule has 9 heteroatoms. The van der Waals surface area contributed by atoms with E-state index in [0.29, 0.717) is 24.1 Å². The van der Waals surface area contributed by atoms with Crippen molar-refractivity contribution in [2.75, 3.05) is 54.1 Å². The van der Waals surface area contributed by atoms with E-state index in [2.05, 4.69) is 50.3 Å². The maximum atomic E-state index is 12.6. The molecular weight excluding hydrogens is 649 g/mol. The topological polar surface area (TPSA) is 91.3 Å². The minimum absolute atomic E-state index is 0.0833. The van der Waals surface area contributed by atoms with Gasteiger partial charge in [-0.1, -0.05) is 147 Å². The molecule has 0 saturated heterocycles. The zero-order valence-corrected chi connectivity index (χ0v) is 34.0. The molecule has 294 valence electrons. The van der Waals surface area contributed by atoms with Crippen LogP contribution in [-0.2, 0) is 27.9 Å². The Bertz CT molecular complexity index is 900. The van der Waals surface area contributed by atoms with Crippen LogP contribution >= 0.6 is 7.82 Å². The van der Waals surface area contributed by atoms with Crippen LogP contribution in [0, 0.1) is 0 Å². The first-order valence-corrected chi connectivity index (χ1v) is 21.7. The number of carbonyl (C=O) groups excluding carboxylic acids is 1. The molecule has 0 aromatic carbocycles. The molecule has 0 bridgehead atoms. The number of nitrogens with zero attached hydrogens (tertiary/aromatic N) is 1. The van der Waals surface area contributed by atoms with Gasteiger partial charge in [-0.3, -0.25) is 13.8 Å². The fourth-order valence-corrected chi connectivity index (χ4v) is 6.07. The van der Waals surface area contributed by atoms with Crippen LogP contribution in [0.1, 0.15) is 162 Å². The number of ether oxygens (including phenoxy) is 2. The van der Waals surface area contributed by atoms with Crippen LogP contribution in [0.2, 0.25) is 0 Å². The molecule has 0 spiro atoms. The van der Waals surface area contributed by atoms with Crippen molar-refractivity contribution in [1.82, 2.24) is 0 Å². The highest BCUT2D eigenvalue weighted by atomic mass is 31.2. The first-order chi connectivity index (χ1) is 24.1. The highest BCUT2D eigenvalue weighted by Gasteiger charge is 2.26. The fourth-order valence-electron chi connectivity index (χ4n) is 5.33. The largest absolute Gasteiger partial charge is 0.472 e. The maximum Gasteiger partial charge on any atom is 0.472 e. The summed E-state index contributed by atoms with van der Waals surface area (Å²) in [4.78, 5) is 22.8. The summed E-state index contributed by atoms with van der Waals surface area (Å²) in [7, 11) is 1.65. The Morgan fingerprint density at radius 1 is 0.640 bits per heavy atom. The van der Waals surface area contributed by atoms with Gasteiger partial charge in [-0.25, -0.2) is 4.57 Å². The summed E-state index contributed by atoms with van der Waals surface area (Å²) in [6.45, 7) is 5.47. The van der Waals surface area contributed by atoms with Gasteiger partial charge in [0.15, 0.2) is 0 Å². The summed E-state index contributed by atoms with van der Waals surface area (Å²) >= 11 is 0. The van der Waals surface area contributed by atoms with Crippen molar-refractivity contribution in [1.29, 1.82) is 0 Å². The quantitative estimate of drug-likeness (QED) is 0.0224. The van der Waals surface area contributed by atoms with Gasteiger partial charge in [-0.2, -0.15) is 0 Å². The average Bonchev–Trinajstić information content (AvgIpc) is 3.06. The first-order valence-electron chi connectivity index (χ1n) is 20.2. The molecule has 8 nitrogen and oxygen atoms in total. The third-order valence-corrected chi connectivity index (χ3v) is 9.45. The molecule has 0 aliphatic carbocycles. The molecule has 0 rings (SSSR count). The Morgan fingerprint density at radius 3 is 1.72 bits per heavy atom. The van der Waals surface area contributed by atoms with E-state index in [4.69, 9.17) is 18.5 Å². The molecule has 0 heterocycles. The standard InChI is InChI=1S/C41H78NO7P/c1-6-8-10-12-14-16-18-20-21-23-25-27-29-31-33-36-46-38-40(39-48-50(44,45)47-37-35-42(3,4)5)49-41(43)34-32-30-28-26-24-22-19-17-15-13-11-9-7-2/h9,11,15,17,22,24,40H,6-8,10,12-14,16,18-21,23,25-39H2,1-5H3/p+1/b11-9-,17-15-,24-22-. The number of likely N-dealkylation sites (N-methyl/N-ethyl adjacent to an activating group) is 1. The van der Waals surface area contributed by atoms with Gasteiger partial charge >= 0.3 is 13.8 Å². The highest BCUT2D eigenvalue weighted by Crippen LogP contribution is 2.43. The van der Waals surface area contributed by atoms with Crippen LogP contribution in [-0.4, -0.2) is 75.6 Å². The minimum Gasteiger partial charge on any atom is -0.457 e. The predicted molar refractivity (Wildman–Crippen MR) is 210 cm³/mol. The molecule has 0 amide bonds. The molecule has 50 heavy (non-hydrogen) atoms. The molecule has 0 saturated carbocycles. The number of esters is 1. The number of hydrogen-bond donors (Lipinski definition) is 1. The van der Waals surface area contributed by atoms with E-state index in [1.54, 1.807) is 0 Å². The minimum atomic E-state index is -4.27. The molecule has 0 fully saturated rings. The van der Waals surface area contributed by atoms with Crippen molar-refractivity contribution in [3.8, 4) is 0 Å². The van der Waals surface area contributed by atoms with Crippen LogP contribution in [0.15, 0.2) is 36.5 Å². The summed E-state index contributed by atoms with van der Waals surface area (Å²) in [5, 5.41) is 0. The second-order valence-corrected chi connectivity index (χ2v) is 16.1. The van der Waals surface area contributed by atoms with E-state index in [9.17, 15) is 14.3 Å². The fraction of sp³-hybridized carbons (Fsp3) is 0.829. The molecule has 0 aliphatic rings. The van der Waals surface area contributed by atoms with Crippen LogP contribution in [0.5, 0.6) is 0 Å². The van der Waals surface area contributed by atoms with Crippen molar-refractivity contribution in [3.05, 3.63) is 36.5 Å². The number of phosphoric ester groups is 1. The van der Waals surface area contributed by atoms with E-state index in [-0.39, 0.29) is 25.8 Å². The normalized spacial score (nSPS) is 14.3. The lowest BCUT2D eigenvalue weighted by atomic mass is 10.0. The van der Waals surface area contributed by atoms with E-state index in [1.165, 1.54) is 83.5 Å². The van der Waals surface area contributed by atoms with E-state index in [0.717, 1.165) is 57.8 Å². The number of carbonyl (C=O) groups is 1. The molecule has 0 aliphatic heterocycles. The van der Waals surface area contributed by atoms with E-state index in [1.807, 2.05) is 21.1 Å². The summed E-state index contributed by atoms with van der Waals surface area (Å²) in [5.41, 5.74) is 0. The number of allylic oxidation sites excluding steroid dienone is 6. The number of hydrogen-bond acceptors (Lipinski definition) is 6. The van der Waals surface area contributed by atoms with Crippen LogP contribution in [0.3, 0.4) is 0 Å². The molecule has 2 unspecified atom stereocenters. The van der Waals surface area contributed by atoms with Crippen LogP contribution in [0.25, 0.3) is 0 Å². The van der Waals surface area contributed by atoms with E-state index >= 15 is 0 Å². The maximum absolute atomic E-state index is 12.6. The lowest BCUT2D eigenvalue weighted by Gasteiger charge is -2.24. The molecule has 0 aromatic heterocycles. The number of quaternary nitrogens is 1. The monoisotopic (exact) mass is 729 g/mol. The second kappa shape index (κ2) is 34.8. The third-order valence-electron chi connectivity index (χ3n) is 8.47. The molecular formula is C41H79NO7P+. The number of rotatable bonds is 37. The Balaban J connectivity index is 4.30. The number of phosphoric acid groups is 1.